The summed E-state index contributed by atoms with van der Waals surface area (Å²) in [4.78, 5) is 21.6. The van der Waals surface area contributed by atoms with Gasteiger partial charge in [-0.25, -0.2) is 14.8 Å². The van der Waals surface area contributed by atoms with Crippen molar-refractivity contribution in [3.8, 4) is 0 Å². The lowest BCUT2D eigenvalue weighted by atomic mass is 10.2. The van der Waals surface area contributed by atoms with Crippen molar-refractivity contribution >= 4 is 32.9 Å². The molecule has 2 N–H and O–H groups in total. The lowest BCUT2D eigenvalue weighted by Crippen LogP contribution is -2.01. The van der Waals surface area contributed by atoms with Crippen LogP contribution in [0, 0.1) is 6.92 Å². The molecule has 0 saturated heterocycles. The minimum Gasteiger partial charge on any atom is -0.477 e. The predicted molar refractivity (Wildman–Crippen MR) is 53.3 cm³/mol. The van der Waals surface area contributed by atoms with Gasteiger partial charge in [0, 0.05) is 0 Å². The van der Waals surface area contributed by atoms with E-state index in [1.807, 2.05) is 0 Å². The number of rotatable bonds is 1. The molecule has 6 heteroatoms. The zero-order chi connectivity index (χ0) is 10.3. The summed E-state index contributed by atoms with van der Waals surface area (Å²) in [5.74, 6) is -1.04. The highest BCUT2D eigenvalue weighted by molar-refractivity contribution is 9.10. The van der Waals surface area contributed by atoms with Crippen LogP contribution in [0.2, 0.25) is 0 Å². The van der Waals surface area contributed by atoms with Crippen LogP contribution in [0.5, 0.6) is 0 Å². The van der Waals surface area contributed by atoms with Crippen LogP contribution in [0.4, 0.5) is 0 Å². The Labute approximate surface area is 87.3 Å². The number of imidazole rings is 1. The number of hydrogen-bond donors (Lipinski definition) is 2. The summed E-state index contributed by atoms with van der Waals surface area (Å²) in [5, 5.41) is 8.77. The molecule has 2 rings (SSSR count). The van der Waals surface area contributed by atoms with Gasteiger partial charge in [0.25, 0.3) is 0 Å². The Morgan fingerprint density at radius 1 is 1.57 bits per heavy atom. The van der Waals surface area contributed by atoms with Crippen LogP contribution in [0.3, 0.4) is 0 Å². The maximum Gasteiger partial charge on any atom is 0.354 e. The number of aromatic amines is 1. The molecule has 0 aliphatic carbocycles. The van der Waals surface area contributed by atoms with Crippen molar-refractivity contribution in [1.82, 2.24) is 15.0 Å². The molecule has 0 radical (unpaired) electrons. The minimum absolute atomic E-state index is 0.0196. The molecule has 0 aromatic carbocycles. The van der Waals surface area contributed by atoms with Crippen LogP contribution in [0.1, 0.15) is 16.2 Å². The quantitative estimate of drug-likeness (QED) is 0.814. The molecule has 0 unspecified atom stereocenters. The second-order valence-electron chi connectivity index (χ2n) is 2.82. The van der Waals surface area contributed by atoms with Crippen LogP contribution < -0.4 is 0 Å². The van der Waals surface area contributed by atoms with Gasteiger partial charge in [-0.1, -0.05) is 0 Å². The summed E-state index contributed by atoms with van der Waals surface area (Å²) < 4.78 is 0.569. The number of nitrogens with zero attached hydrogens (tertiary/aromatic N) is 2. The van der Waals surface area contributed by atoms with E-state index < -0.39 is 5.97 Å². The fourth-order valence-corrected chi connectivity index (χ4v) is 1.64. The van der Waals surface area contributed by atoms with E-state index >= 15 is 0 Å². The molecular formula is C8H6BrN3O2. The molecule has 0 aliphatic heterocycles. The van der Waals surface area contributed by atoms with Gasteiger partial charge >= 0.3 is 5.97 Å². The lowest BCUT2D eigenvalue weighted by molar-refractivity contribution is 0.0690. The summed E-state index contributed by atoms with van der Waals surface area (Å²) in [5.41, 5.74) is 1.97. The van der Waals surface area contributed by atoms with Crippen molar-refractivity contribution in [3.05, 3.63) is 22.2 Å². The van der Waals surface area contributed by atoms with Gasteiger partial charge in [0.05, 0.1) is 11.2 Å². The summed E-state index contributed by atoms with van der Waals surface area (Å²) in [6, 6.07) is 1.46. The van der Waals surface area contributed by atoms with Crippen molar-refractivity contribution in [2.24, 2.45) is 0 Å². The average Bonchev–Trinajstić information content (AvgIpc) is 2.45. The lowest BCUT2D eigenvalue weighted by Gasteiger charge is -1.96. The zero-order valence-electron chi connectivity index (χ0n) is 7.21. The number of halogens is 1. The largest absolute Gasteiger partial charge is 0.477 e. The van der Waals surface area contributed by atoms with Crippen molar-refractivity contribution in [3.63, 3.8) is 0 Å². The van der Waals surface area contributed by atoms with Gasteiger partial charge in [-0.3, -0.25) is 0 Å². The van der Waals surface area contributed by atoms with Gasteiger partial charge in [0.15, 0.2) is 10.4 Å². The summed E-state index contributed by atoms with van der Waals surface area (Å²) >= 11 is 3.18. The van der Waals surface area contributed by atoms with E-state index in [4.69, 9.17) is 5.11 Å². The smallest absolute Gasteiger partial charge is 0.354 e. The van der Waals surface area contributed by atoms with E-state index in [0.717, 1.165) is 0 Å². The van der Waals surface area contributed by atoms with Crippen molar-refractivity contribution in [2.45, 2.75) is 6.92 Å². The maximum absolute atomic E-state index is 10.7. The first kappa shape index (κ1) is 9.14. The SMILES string of the molecule is Cc1nc(C(=O)O)cc2[nH]c(Br)nc12. The highest BCUT2D eigenvalue weighted by Gasteiger charge is 2.11. The second-order valence-corrected chi connectivity index (χ2v) is 3.57. The van der Waals surface area contributed by atoms with Crippen LogP contribution >= 0.6 is 15.9 Å². The second kappa shape index (κ2) is 3.06. The van der Waals surface area contributed by atoms with Crippen molar-refractivity contribution in [2.75, 3.05) is 0 Å². The fraction of sp³-hybridized carbons (Fsp3) is 0.125. The molecule has 0 atom stereocenters. The third-order valence-electron chi connectivity index (χ3n) is 1.83. The van der Waals surface area contributed by atoms with Crippen molar-refractivity contribution in [1.29, 1.82) is 0 Å². The molecule has 14 heavy (non-hydrogen) atoms. The summed E-state index contributed by atoms with van der Waals surface area (Å²) in [7, 11) is 0. The monoisotopic (exact) mass is 255 g/mol. The topological polar surface area (TPSA) is 78.9 Å². The number of carbonyl (C=O) groups is 1. The molecule has 0 amide bonds. The van der Waals surface area contributed by atoms with E-state index in [1.54, 1.807) is 6.92 Å². The first-order valence-corrected chi connectivity index (χ1v) is 4.63. The van der Waals surface area contributed by atoms with Gasteiger partial charge < -0.3 is 10.1 Å². The highest BCUT2D eigenvalue weighted by atomic mass is 79.9. The Kier molecular flexibility index (Phi) is 1.99. The Balaban J connectivity index is 2.77. The van der Waals surface area contributed by atoms with Gasteiger partial charge in [0.1, 0.15) is 5.52 Å². The molecule has 2 heterocycles. The Morgan fingerprint density at radius 2 is 2.29 bits per heavy atom. The predicted octanol–water partition coefficient (Wildman–Crippen LogP) is 1.73. The molecule has 2 aromatic heterocycles. The number of carboxylic acids is 1. The molecule has 0 bridgehead atoms. The van der Waals surface area contributed by atoms with E-state index in [-0.39, 0.29) is 5.69 Å². The number of fused-ring (bicyclic) bond motifs is 1. The molecule has 2 aromatic rings. The van der Waals surface area contributed by atoms with Gasteiger partial charge in [0.2, 0.25) is 0 Å². The van der Waals surface area contributed by atoms with E-state index in [0.29, 0.717) is 21.5 Å². The van der Waals surface area contributed by atoms with Gasteiger partial charge in [-0.15, -0.1) is 0 Å². The van der Waals surface area contributed by atoms with Crippen LogP contribution in [-0.4, -0.2) is 26.0 Å². The van der Waals surface area contributed by atoms with Crippen LogP contribution in [-0.2, 0) is 0 Å². The van der Waals surface area contributed by atoms with E-state index in [2.05, 4.69) is 30.9 Å². The minimum atomic E-state index is -1.04. The first-order valence-electron chi connectivity index (χ1n) is 3.84. The van der Waals surface area contributed by atoms with E-state index in [9.17, 15) is 4.79 Å². The van der Waals surface area contributed by atoms with Gasteiger partial charge in [-0.2, -0.15) is 0 Å². The third kappa shape index (κ3) is 1.37. The zero-order valence-corrected chi connectivity index (χ0v) is 8.79. The van der Waals surface area contributed by atoms with Crippen LogP contribution in [0.15, 0.2) is 10.8 Å². The average molecular weight is 256 g/mol. The molecule has 0 fully saturated rings. The third-order valence-corrected chi connectivity index (χ3v) is 2.21. The number of aryl methyl sites for hydroxylation is 1. The standard InChI is InChI=1S/C8H6BrN3O2/c1-3-6-4(11-8(9)12-6)2-5(10-3)7(13)14/h2H,1H3,(H,11,12)(H,13,14). The number of carboxylic acid groups (broad SMARTS) is 1. The Bertz CT molecular complexity index is 521. The highest BCUT2D eigenvalue weighted by Crippen LogP contribution is 2.18. The molecule has 72 valence electrons. The first-order chi connectivity index (χ1) is 6.58. The molecule has 0 aliphatic rings. The molecule has 0 spiro atoms. The maximum atomic E-state index is 10.7. The number of H-pyrrole nitrogens is 1. The number of hydrogen-bond acceptors (Lipinski definition) is 3. The number of pyridine rings is 1. The number of aromatic carboxylic acids is 1. The van der Waals surface area contributed by atoms with E-state index in [1.165, 1.54) is 6.07 Å². The van der Waals surface area contributed by atoms with Gasteiger partial charge in [-0.05, 0) is 28.9 Å². The Morgan fingerprint density at radius 3 is 2.93 bits per heavy atom. The molecule has 0 saturated carbocycles. The normalized spacial score (nSPS) is 10.7. The summed E-state index contributed by atoms with van der Waals surface area (Å²) in [6.07, 6.45) is 0. The van der Waals surface area contributed by atoms with Crippen molar-refractivity contribution < 1.29 is 9.90 Å². The summed E-state index contributed by atoms with van der Waals surface area (Å²) in [6.45, 7) is 1.72. The number of nitrogens with one attached hydrogen (secondary N) is 1. The number of aromatic nitrogens is 3. The molecular weight excluding hydrogens is 250 g/mol. The molecule has 5 nitrogen and oxygen atoms in total. The Hall–Kier alpha value is -1.43. The van der Waals surface area contributed by atoms with Crippen LogP contribution in [0.25, 0.3) is 11.0 Å². The fourth-order valence-electron chi connectivity index (χ4n) is 1.25.